The van der Waals surface area contributed by atoms with Gasteiger partial charge in [0, 0.05) is 18.0 Å². The molecule has 0 unspecified atom stereocenters. The van der Waals surface area contributed by atoms with Gasteiger partial charge in [0.1, 0.15) is 0 Å². The lowest BCUT2D eigenvalue weighted by Gasteiger charge is -2.08. The molecule has 0 aliphatic carbocycles. The van der Waals surface area contributed by atoms with E-state index >= 15 is 0 Å². The van der Waals surface area contributed by atoms with E-state index < -0.39 is 17.8 Å². The molecule has 1 aromatic heterocycles. The molecule has 3 N–H and O–H groups in total. The number of urea groups is 1. The van der Waals surface area contributed by atoms with Gasteiger partial charge in [-0.15, -0.1) is 0 Å². The molecule has 2 amide bonds. The van der Waals surface area contributed by atoms with E-state index in [0.29, 0.717) is 23.6 Å². The number of benzene rings is 1. The van der Waals surface area contributed by atoms with Crippen molar-refractivity contribution in [3.05, 3.63) is 42.2 Å². The lowest BCUT2D eigenvalue weighted by molar-refractivity contribution is -0.138. The second kappa shape index (κ2) is 6.16. The Morgan fingerprint density at radius 3 is 2.23 bits per heavy atom. The molecule has 2 rings (SSSR count). The maximum absolute atomic E-state index is 12.4. The van der Waals surface area contributed by atoms with Crippen molar-refractivity contribution in [1.29, 1.82) is 5.53 Å². The fraction of sp³-hybridized carbons (Fsp3) is 0.0833. The van der Waals surface area contributed by atoms with E-state index in [-0.39, 0.29) is 5.82 Å². The van der Waals surface area contributed by atoms with E-state index in [1.165, 1.54) is 0 Å². The molecule has 114 valence electrons. The number of hydrazine groups is 1. The van der Waals surface area contributed by atoms with Crippen LogP contribution in [0, 0.1) is 5.53 Å². The number of nitrogens with zero attached hydrogens (tertiary/aromatic N) is 3. The van der Waals surface area contributed by atoms with Crippen LogP contribution in [0.25, 0.3) is 11.4 Å². The summed E-state index contributed by atoms with van der Waals surface area (Å²) in [5, 5.41) is 2.62. The van der Waals surface area contributed by atoms with Crippen molar-refractivity contribution < 1.29 is 18.0 Å². The largest absolute Gasteiger partial charge is 0.419 e. The first-order chi connectivity index (χ1) is 10.4. The first kappa shape index (κ1) is 15.4. The average molecular weight is 310 g/mol. The summed E-state index contributed by atoms with van der Waals surface area (Å²) in [6.45, 7) is 0. The molecule has 10 heteroatoms. The third kappa shape index (κ3) is 3.75. The van der Waals surface area contributed by atoms with E-state index in [1.807, 2.05) is 0 Å². The van der Waals surface area contributed by atoms with E-state index in [0.717, 1.165) is 0 Å². The van der Waals surface area contributed by atoms with Gasteiger partial charge in [-0.2, -0.15) is 18.7 Å². The quantitative estimate of drug-likeness (QED) is 0.598. The Labute approximate surface area is 122 Å². The highest BCUT2D eigenvalue weighted by Crippen LogP contribution is 2.28. The summed E-state index contributed by atoms with van der Waals surface area (Å²) in [5.41, 5.74) is 11.2. The van der Waals surface area contributed by atoms with Crippen molar-refractivity contribution >= 4 is 11.7 Å². The predicted octanol–water partition coefficient (Wildman–Crippen LogP) is 3.23. The highest BCUT2D eigenvalue weighted by molar-refractivity contribution is 5.75. The zero-order chi connectivity index (χ0) is 16.2. The normalized spacial score (nSPS) is 10.9. The summed E-state index contributed by atoms with van der Waals surface area (Å²) in [6, 6.07) is 5.38. The molecule has 0 spiro atoms. The van der Waals surface area contributed by atoms with Crippen LogP contribution in [0.2, 0.25) is 0 Å². The molecule has 7 nitrogen and oxygen atoms in total. The fourth-order valence-electron chi connectivity index (χ4n) is 1.48. The number of rotatable bonds is 3. The van der Waals surface area contributed by atoms with Gasteiger partial charge in [0.2, 0.25) is 0 Å². The third-order valence-corrected chi connectivity index (χ3v) is 2.54. The second-order valence-corrected chi connectivity index (χ2v) is 4.04. The van der Waals surface area contributed by atoms with Crippen LogP contribution >= 0.6 is 0 Å². The van der Waals surface area contributed by atoms with Gasteiger partial charge < -0.3 is 0 Å². The minimum Gasteiger partial charge on any atom is -0.297 e. The van der Waals surface area contributed by atoms with E-state index in [2.05, 4.69) is 25.9 Å². The van der Waals surface area contributed by atoms with Crippen molar-refractivity contribution in [2.75, 3.05) is 5.43 Å². The van der Waals surface area contributed by atoms with Gasteiger partial charge in [-0.1, -0.05) is 5.11 Å². The number of hydrogen-bond donors (Lipinski definition) is 3. The van der Waals surface area contributed by atoms with Crippen LogP contribution in [0.5, 0.6) is 0 Å². The fourth-order valence-corrected chi connectivity index (χ4v) is 1.48. The molecular weight excluding hydrogens is 301 g/mol. The van der Waals surface area contributed by atoms with Gasteiger partial charge in [0.25, 0.3) is 0 Å². The Kier molecular flexibility index (Phi) is 4.30. The standard InChI is InChI=1S/C12H9F3N6O/c13-12(14,15)8-5-17-10(18-6-8)7-1-3-9(4-2-7)20-21-11(22)19-16/h1-6,16,20H,(H,21,22). The Hall–Kier alpha value is -3.04. The van der Waals surface area contributed by atoms with Gasteiger partial charge in [-0.25, -0.2) is 20.2 Å². The summed E-state index contributed by atoms with van der Waals surface area (Å²) in [5.74, 6) is 0.143. The first-order valence-corrected chi connectivity index (χ1v) is 5.83. The smallest absolute Gasteiger partial charge is 0.297 e. The molecule has 1 heterocycles. The highest BCUT2D eigenvalue weighted by Gasteiger charge is 2.31. The Morgan fingerprint density at radius 1 is 1.14 bits per heavy atom. The molecule has 22 heavy (non-hydrogen) atoms. The summed E-state index contributed by atoms with van der Waals surface area (Å²) >= 11 is 0. The molecule has 0 atom stereocenters. The summed E-state index contributed by atoms with van der Waals surface area (Å²) < 4.78 is 37.2. The van der Waals surface area contributed by atoms with Crippen molar-refractivity contribution in [2.24, 2.45) is 5.11 Å². The second-order valence-electron chi connectivity index (χ2n) is 4.04. The number of anilines is 1. The maximum Gasteiger partial charge on any atom is 0.419 e. The molecule has 0 saturated heterocycles. The van der Waals surface area contributed by atoms with Gasteiger partial charge in [-0.05, 0) is 24.3 Å². The molecular formula is C12H9F3N6O. The van der Waals surface area contributed by atoms with E-state index in [9.17, 15) is 18.0 Å². The van der Waals surface area contributed by atoms with Crippen LogP contribution in [0.4, 0.5) is 23.7 Å². The van der Waals surface area contributed by atoms with Gasteiger partial charge >= 0.3 is 12.2 Å². The molecule has 0 radical (unpaired) electrons. The zero-order valence-electron chi connectivity index (χ0n) is 10.8. The molecule has 1 aromatic carbocycles. The van der Waals surface area contributed by atoms with Crippen molar-refractivity contribution in [2.45, 2.75) is 6.18 Å². The monoisotopic (exact) mass is 310 g/mol. The van der Waals surface area contributed by atoms with Gasteiger partial charge in [0.15, 0.2) is 5.82 Å². The number of carbonyl (C=O) groups excluding carboxylic acids is 1. The zero-order valence-corrected chi connectivity index (χ0v) is 10.8. The molecule has 0 aliphatic rings. The highest BCUT2D eigenvalue weighted by atomic mass is 19.4. The van der Waals surface area contributed by atoms with Crippen LogP contribution in [0.15, 0.2) is 41.8 Å². The Morgan fingerprint density at radius 2 is 1.73 bits per heavy atom. The minimum absolute atomic E-state index is 0.143. The topological polar surface area (TPSA) is 103 Å². The van der Waals surface area contributed by atoms with Crippen LogP contribution in [0.3, 0.4) is 0 Å². The van der Waals surface area contributed by atoms with Crippen molar-refractivity contribution in [3.8, 4) is 11.4 Å². The van der Waals surface area contributed by atoms with E-state index in [1.54, 1.807) is 24.3 Å². The Bertz CT molecular complexity index is 669. The third-order valence-electron chi connectivity index (χ3n) is 2.54. The molecule has 0 fully saturated rings. The number of aromatic nitrogens is 2. The number of halogens is 3. The van der Waals surface area contributed by atoms with Crippen LogP contribution in [-0.4, -0.2) is 16.0 Å². The summed E-state index contributed by atoms with van der Waals surface area (Å²) in [7, 11) is 0. The molecule has 0 aliphatic heterocycles. The maximum atomic E-state index is 12.4. The number of carbonyl (C=O) groups is 1. The molecule has 0 saturated carbocycles. The van der Waals surface area contributed by atoms with Crippen molar-refractivity contribution in [1.82, 2.24) is 15.4 Å². The average Bonchev–Trinajstić information content (AvgIpc) is 2.52. The van der Waals surface area contributed by atoms with E-state index in [4.69, 9.17) is 5.53 Å². The minimum atomic E-state index is -4.48. The lowest BCUT2D eigenvalue weighted by atomic mass is 10.2. The molecule has 0 bridgehead atoms. The van der Waals surface area contributed by atoms with Gasteiger partial charge in [-0.3, -0.25) is 5.43 Å². The number of amides is 2. The number of hydrogen-bond acceptors (Lipinski definition) is 5. The Balaban J connectivity index is 2.10. The van der Waals surface area contributed by atoms with Crippen LogP contribution in [0.1, 0.15) is 5.56 Å². The van der Waals surface area contributed by atoms with Crippen LogP contribution < -0.4 is 10.9 Å². The van der Waals surface area contributed by atoms with Crippen LogP contribution in [-0.2, 0) is 6.18 Å². The summed E-state index contributed by atoms with van der Waals surface area (Å²) in [6.07, 6.45) is -3.05. The number of alkyl halides is 3. The van der Waals surface area contributed by atoms with Gasteiger partial charge in [0.05, 0.1) is 11.3 Å². The predicted molar refractivity (Wildman–Crippen MR) is 69.8 cm³/mol. The SMILES string of the molecule is N=NC(=O)NNc1ccc(-c2ncc(C(F)(F)F)cn2)cc1. The summed E-state index contributed by atoms with van der Waals surface area (Å²) in [4.78, 5) is 18.1. The lowest BCUT2D eigenvalue weighted by Crippen LogP contribution is -2.25. The molecule has 2 aromatic rings. The number of nitrogens with one attached hydrogen (secondary N) is 3. The van der Waals surface area contributed by atoms with Crippen molar-refractivity contribution in [3.63, 3.8) is 0 Å². The first-order valence-electron chi connectivity index (χ1n) is 5.83.